The highest BCUT2D eigenvalue weighted by Gasteiger charge is 2.23. The minimum absolute atomic E-state index is 0.0813. The summed E-state index contributed by atoms with van der Waals surface area (Å²) in [4.78, 5) is 0. The third-order valence-corrected chi connectivity index (χ3v) is 5.19. The Hall–Kier alpha value is 0.270. The van der Waals surface area contributed by atoms with E-state index >= 15 is 0 Å². The van der Waals surface area contributed by atoms with Gasteiger partial charge in [-0.1, -0.05) is 26.7 Å². The fourth-order valence-corrected chi connectivity index (χ4v) is 4.33. The lowest BCUT2D eigenvalue weighted by Gasteiger charge is -2.30. The van der Waals surface area contributed by atoms with Crippen LogP contribution >= 0.6 is 11.8 Å². The molecule has 0 aromatic carbocycles. The highest BCUT2D eigenvalue weighted by atomic mass is 32.2. The third kappa shape index (κ3) is 5.62. The third-order valence-electron chi connectivity index (χ3n) is 3.85. The zero-order valence-electron chi connectivity index (χ0n) is 11.7. The van der Waals surface area contributed by atoms with Crippen molar-refractivity contribution in [1.29, 1.82) is 0 Å². The van der Waals surface area contributed by atoms with Crippen molar-refractivity contribution in [3.05, 3.63) is 0 Å². The molecule has 1 aliphatic carbocycles. The van der Waals surface area contributed by atoms with E-state index in [9.17, 15) is 5.11 Å². The molecule has 102 valence electrons. The monoisotopic (exact) mass is 259 g/mol. The zero-order chi connectivity index (χ0) is 12.7. The van der Waals surface area contributed by atoms with E-state index in [1.54, 1.807) is 0 Å². The van der Waals surface area contributed by atoms with Crippen molar-refractivity contribution in [3.63, 3.8) is 0 Å². The lowest BCUT2D eigenvalue weighted by atomic mass is 9.91. The summed E-state index contributed by atoms with van der Waals surface area (Å²) in [5.41, 5.74) is -0.0813. The molecule has 0 aromatic heterocycles. The Labute approximate surface area is 111 Å². The van der Waals surface area contributed by atoms with Crippen LogP contribution in [0.25, 0.3) is 0 Å². The van der Waals surface area contributed by atoms with Crippen LogP contribution in [0.4, 0.5) is 0 Å². The molecule has 17 heavy (non-hydrogen) atoms. The topological polar surface area (TPSA) is 32.3 Å². The SMILES string of the molecule is CCNC(C)(CO)CCSC1CCCC(C)C1. The molecule has 2 nitrogen and oxygen atoms in total. The van der Waals surface area contributed by atoms with Crippen LogP contribution in [0.15, 0.2) is 0 Å². The van der Waals surface area contributed by atoms with Gasteiger partial charge in [0.15, 0.2) is 0 Å². The van der Waals surface area contributed by atoms with Crippen LogP contribution in [0, 0.1) is 5.92 Å². The van der Waals surface area contributed by atoms with Gasteiger partial charge in [0.2, 0.25) is 0 Å². The first kappa shape index (κ1) is 15.3. The van der Waals surface area contributed by atoms with Crippen LogP contribution in [0.2, 0.25) is 0 Å². The maximum absolute atomic E-state index is 9.42. The average Bonchev–Trinajstić information content (AvgIpc) is 2.29. The standard InChI is InChI=1S/C14H29NOS/c1-4-15-14(3,11-16)8-9-17-13-7-5-6-12(2)10-13/h12-13,15-16H,4-11H2,1-3H3. The molecule has 1 fully saturated rings. The molecule has 3 unspecified atom stereocenters. The van der Waals surface area contributed by atoms with E-state index in [-0.39, 0.29) is 12.1 Å². The van der Waals surface area contributed by atoms with Gasteiger partial charge in [-0.05, 0) is 44.4 Å². The molecule has 1 rings (SSSR count). The molecule has 0 bridgehead atoms. The second kappa shape index (κ2) is 7.65. The van der Waals surface area contributed by atoms with Gasteiger partial charge in [-0.3, -0.25) is 0 Å². The number of hydrogen-bond acceptors (Lipinski definition) is 3. The minimum atomic E-state index is -0.0813. The summed E-state index contributed by atoms with van der Waals surface area (Å²) in [7, 11) is 0. The van der Waals surface area contributed by atoms with Gasteiger partial charge in [0, 0.05) is 10.8 Å². The molecule has 0 aromatic rings. The van der Waals surface area contributed by atoms with Gasteiger partial charge in [-0.15, -0.1) is 0 Å². The quantitative estimate of drug-likeness (QED) is 0.737. The number of nitrogens with one attached hydrogen (secondary N) is 1. The molecule has 1 saturated carbocycles. The Balaban J connectivity index is 2.21. The predicted octanol–water partition coefficient (Wildman–Crippen LogP) is 3.05. The number of likely N-dealkylation sites (N-methyl/N-ethyl adjacent to an activating group) is 1. The number of thioether (sulfide) groups is 1. The summed E-state index contributed by atoms with van der Waals surface area (Å²) < 4.78 is 0. The molecule has 3 atom stereocenters. The normalized spacial score (nSPS) is 28.9. The maximum Gasteiger partial charge on any atom is 0.0610 e. The summed E-state index contributed by atoms with van der Waals surface area (Å²) in [5.74, 6) is 2.08. The lowest BCUT2D eigenvalue weighted by Crippen LogP contribution is -2.46. The average molecular weight is 259 g/mol. The fraction of sp³-hybridized carbons (Fsp3) is 1.00. The largest absolute Gasteiger partial charge is 0.394 e. The van der Waals surface area contributed by atoms with E-state index in [1.807, 2.05) is 0 Å². The molecule has 0 saturated heterocycles. The van der Waals surface area contributed by atoms with Crippen molar-refractivity contribution >= 4 is 11.8 Å². The van der Waals surface area contributed by atoms with Gasteiger partial charge in [0.05, 0.1) is 6.61 Å². The first-order chi connectivity index (χ1) is 8.09. The van der Waals surface area contributed by atoms with Gasteiger partial charge in [-0.25, -0.2) is 0 Å². The van der Waals surface area contributed by atoms with Gasteiger partial charge in [0.25, 0.3) is 0 Å². The molecular formula is C14H29NOS. The molecule has 0 radical (unpaired) electrons. The molecule has 2 N–H and O–H groups in total. The summed E-state index contributed by atoms with van der Waals surface area (Å²) in [5, 5.41) is 13.7. The maximum atomic E-state index is 9.42. The molecule has 3 heteroatoms. The molecule has 0 amide bonds. The first-order valence-corrected chi connectivity index (χ1v) is 8.12. The Bertz CT molecular complexity index is 212. The lowest BCUT2D eigenvalue weighted by molar-refractivity contribution is 0.173. The van der Waals surface area contributed by atoms with Crippen LogP contribution in [-0.4, -0.2) is 34.8 Å². The fourth-order valence-electron chi connectivity index (χ4n) is 2.63. The Morgan fingerprint density at radius 2 is 2.18 bits per heavy atom. The van der Waals surface area contributed by atoms with Crippen molar-refractivity contribution in [3.8, 4) is 0 Å². The summed E-state index contributed by atoms with van der Waals surface area (Å²) in [6.45, 7) is 7.78. The minimum Gasteiger partial charge on any atom is -0.394 e. The highest BCUT2D eigenvalue weighted by Crippen LogP contribution is 2.32. The molecular weight excluding hydrogens is 230 g/mol. The number of hydrogen-bond donors (Lipinski definition) is 2. The Morgan fingerprint density at radius 3 is 2.76 bits per heavy atom. The van der Waals surface area contributed by atoms with Crippen molar-refractivity contribution in [1.82, 2.24) is 5.32 Å². The van der Waals surface area contributed by atoms with E-state index in [1.165, 1.54) is 31.4 Å². The van der Waals surface area contributed by atoms with Crippen LogP contribution in [-0.2, 0) is 0 Å². The van der Waals surface area contributed by atoms with Gasteiger partial charge in [0.1, 0.15) is 0 Å². The smallest absolute Gasteiger partial charge is 0.0610 e. The second-order valence-electron chi connectivity index (χ2n) is 5.76. The Kier molecular flexibility index (Phi) is 6.90. The van der Waals surface area contributed by atoms with Gasteiger partial charge < -0.3 is 10.4 Å². The molecule has 0 spiro atoms. The zero-order valence-corrected chi connectivity index (χ0v) is 12.5. The summed E-state index contributed by atoms with van der Waals surface area (Å²) >= 11 is 2.12. The van der Waals surface area contributed by atoms with Crippen LogP contribution in [0.1, 0.15) is 52.9 Å². The van der Waals surface area contributed by atoms with E-state index in [2.05, 4.69) is 37.8 Å². The molecule has 1 aliphatic rings. The van der Waals surface area contributed by atoms with Crippen molar-refractivity contribution in [2.24, 2.45) is 5.92 Å². The van der Waals surface area contributed by atoms with Crippen LogP contribution in [0.3, 0.4) is 0 Å². The van der Waals surface area contributed by atoms with Gasteiger partial charge >= 0.3 is 0 Å². The van der Waals surface area contributed by atoms with Crippen molar-refractivity contribution in [2.45, 2.75) is 63.7 Å². The Morgan fingerprint density at radius 1 is 1.41 bits per heavy atom. The van der Waals surface area contributed by atoms with Crippen molar-refractivity contribution < 1.29 is 5.11 Å². The molecule has 0 heterocycles. The second-order valence-corrected chi connectivity index (χ2v) is 7.17. The van der Waals surface area contributed by atoms with E-state index in [4.69, 9.17) is 0 Å². The molecule has 0 aliphatic heterocycles. The predicted molar refractivity (Wildman–Crippen MR) is 77.7 cm³/mol. The first-order valence-electron chi connectivity index (χ1n) is 7.07. The number of rotatable bonds is 7. The van der Waals surface area contributed by atoms with Crippen LogP contribution in [0.5, 0.6) is 0 Å². The van der Waals surface area contributed by atoms with Gasteiger partial charge in [-0.2, -0.15) is 11.8 Å². The summed E-state index contributed by atoms with van der Waals surface area (Å²) in [6.07, 6.45) is 6.67. The number of aliphatic hydroxyl groups is 1. The van der Waals surface area contributed by atoms with Crippen LogP contribution < -0.4 is 5.32 Å². The van der Waals surface area contributed by atoms with E-state index in [0.29, 0.717) is 0 Å². The van der Waals surface area contributed by atoms with Crippen molar-refractivity contribution in [2.75, 3.05) is 18.9 Å². The number of aliphatic hydroxyl groups excluding tert-OH is 1. The highest BCUT2D eigenvalue weighted by molar-refractivity contribution is 7.99. The van der Waals surface area contributed by atoms with E-state index < -0.39 is 0 Å². The summed E-state index contributed by atoms with van der Waals surface area (Å²) in [6, 6.07) is 0. The van der Waals surface area contributed by atoms with E-state index in [0.717, 1.165) is 24.1 Å².